The van der Waals surface area contributed by atoms with Crippen LogP contribution in [0.3, 0.4) is 0 Å². The molecule has 3 rings (SSSR count). The molecule has 6 nitrogen and oxygen atoms in total. The smallest absolute Gasteiger partial charge is 0.237 e. The maximum Gasteiger partial charge on any atom is 0.237 e. The normalized spacial score (nSPS) is 24.1. The van der Waals surface area contributed by atoms with Gasteiger partial charge in [0, 0.05) is 37.8 Å². The van der Waals surface area contributed by atoms with Crippen LogP contribution in [0.4, 0.5) is 0 Å². The van der Waals surface area contributed by atoms with Gasteiger partial charge in [-0.05, 0) is 70.6 Å². The molecule has 2 amide bonds. The largest absolute Gasteiger partial charge is 0.343 e. The van der Waals surface area contributed by atoms with E-state index in [0.29, 0.717) is 29.7 Å². The lowest BCUT2D eigenvalue weighted by Crippen LogP contribution is -2.52. The third kappa shape index (κ3) is 6.09. The summed E-state index contributed by atoms with van der Waals surface area (Å²) in [5.74, 6) is 0.989. The summed E-state index contributed by atoms with van der Waals surface area (Å²) in [6, 6.07) is 0.368. The number of piperidine rings is 3. The van der Waals surface area contributed by atoms with Gasteiger partial charge in [-0.25, -0.2) is 0 Å². The van der Waals surface area contributed by atoms with Gasteiger partial charge in [0.25, 0.3) is 0 Å². The minimum atomic E-state index is 0.173. The molecule has 0 atom stereocenters. The molecule has 0 aromatic rings. The Morgan fingerprint density at radius 3 is 2.22 bits per heavy atom. The van der Waals surface area contributed by atoms with Crippen molar-refractivity contribution in [3.63, 3.8) is 0 Å². The summed E-state index contributed by atoms with van der Waals surface area (Å²) in [5, 5.41) is 3.90. The molecule has 27 heavy (non-hydrogen) atoms. The van der Waals surface area contributed by atoms with Crippen LogP contribution in [0, 0.1) is 5.92 Å². The molecule has 1 N–H and O–H groups in total. The number of amides is 2. The molecule has 154 valence electrons. The highest BCUT2D eigenvalue weighted by Gasteiger charge is 2.31. The molecule has 0 aromatic carbocycles. The van der Waals surface area contributed by atoms with Gasteiger partial charge in [0.2, 0.25) is 11.8 Å². The fourth-order valence-electron chi connectivity index (χ4n) is 4.64. The number of nitrogens with one attached hydrogen (secondary N) is 1. The van der Waals surface area contributed by atoms with Crippen molar-refractivity contribution in [1.82, 2.24) is 20.0 Å². The van der Waals surface area contributed by atoms with Gasteiger partial charge < -0.3 is 15.1 Å². The summed E-state index contributed by atoms with van der Waals surface area (Å²) in [4.78, 5) is 31.2. The van der Waals surface area contributed by atoms with Crippen LogP contribution in [0.1, 0.15) is 45.4 Å². The van der Waals surface area contributed by atoms with Gasteiger partial charge in [0.05, 0.1) is 6.54 Å². The van der Waals surface area contributed by atoms with Crippen LogP contribution in [0.5, 0.6) is 0 Å². The van der Waals surface area contributed by atoms with E-state index in [4.69, 9.17) is 0 Å². The SMILES string of the molecule is CC(=O)N1CCC(CN(C(=O)CN2CCC(S)CC2)C2CCNCC2)CC1. The van der Waals surface area contributed by atoms with Crippen molar-refractivity contribution in [3.05, 3.63) is 0 Å². The average molecular weight is 397 g/mol. The van der Waals surface area contributed by atoms with Crippen LogP contribution in [-0.4, -0.2) is 90.2 Å². The van der Waals surface area contributed by atoms with Crippen LogP contribution in [-0.2, 0) is 9.59 Å². The molecule has 0 spiro atoms. The number of carbonyl (C=O) groups is 2. The molecule has 0 unspecified atom stereocenters. The second-order valence-corrected chi connectivity index (χ2v) is 9.21. The average Bonchev–Trinajstić information content (AvgIpc) is 2.69. The fraction of sp³-hybridized carbons (Fsp3) is 0.900. The number of carbonyl (C=O) groups excluding carboxylic acids is 2. The zero-order valence-corrected chi connectivity index (χ0v) is 17.6. The highest BCUT2D eigenvalue weighted by atomic mass is 32.1. The Labute approximate surface area is 169 Å². The predicted octanol–water partition coefficient (Wildman–Crippen LogP) is 1.22. The molecule has 3 aliphatic heterocycles. The van der Waals surface area contributed by atoms with Crippen LogP contribution >= 0.6 is 12.6 Å². The van der Waals surface area contributed by atoms with Crippen molar-refractivity contribution < 1.29 is 9.59 Å². The lowest BCUT2D eigenvalue weighted by molar-refractivity contribution is -0.137. The third-order valence-electron chi connectivity index (χ3n) is 6.50. The zero-order valence-electron chi connectivity index (χ0n) is 16.7. The Morgan fingerprint density at radius 2 is 1.63 bits per heavy atom. The minimum absolute atomic E-state index is 0.173. The molecule has 3 fully saturated rings. The first-order valence-corrected chi connectivity index (χ1v) is 11.2. The van der Waals surface area contributed by atoms with Crippen LogP contribution in [0.2, 0.25) is 0 Å². The van der Waals surface area contributed by atoms with Crippen molar-refractivity contribution in [1.29, 1.82) is 0 Å². The van der Waals surface area contributed by atoms with Gasteiger partial charge in [0.1, 0.15) is 0 Å². The number of likely N-dealkylation sites (tertiary alicyclic amines) is 2. The van der Waals surface area contributed by atoms with E-state index in [1.165, 1.54) is 0 Å². The van der Waals surface area contributed by atoms with E-state index >= 15 is 0 Å². The van der Waals surface area contributed by atoms with Gasteiger partial charge in [0.15, 0.2) is 0 Å². The van der Waals surface area contributed by atoms with Gasteiger partial charge in [-0.2, -0.15) is 12.6 Å². The van der Waals surface area contributed by atoms with Gasteiger partial charge in [-0.1, -0.05) is 0 Å². The Bertz CT molecular complexity index is 496. The quantitative estimate of drug-likeness (QED) is 0.686. The maximum absolute atomic E-state index is 13.2. The highest BCUT2D eigenvalue weighted by Crippen LogP contribution is 2.23. The van der Waals surface area contributed by atoms with E-state index in [-0.39, 0.29) is 5.91 Å². The fourth-order valence-corrected chi connectivity index (χ4v) is 4.87. The second kappa shape index (κ2) is 10.1. The first-order chi connectivity index (χ1) is 13.0. The standard InChI is InChI=1S/C20H36N4O2S/c1-16(25)23-12-4-17(5-13-23)14-24(18-2-8-21-9-3-18)20(26)15-22-10-6-19(27)7-11-22/h17-19,21,27H,2-15H2,1H3. The summed E-state index contributed by atoms with van der Waals surface area (Å²) in [6.45, 7) is 8.71. The van der Waals surface area contributed by atoms with Crippen LogP contribution in [0.25, 0.3) is 0 Å². The summed E-state index contributed by atoms with van der Waals surface area (Å²) in [6.07, 6.45) is 6.28. The van der Waals surface area contributed by atoms with E-state index in [0.717, 1.165) is 84.3 Å². The molecule has 3 aliphatic rings. The van der Waals surface area contributed by atoms with Crippen LogP contribution in [0.15, 0.2) is 0 Å². The van der Waals surface area contributed by atoms with Gasteiger partial charge >= 0.3 is 0 Å². The number of rotatable bonds is 5. The number of hydrogen-bond acceptors (Lipinski definition) is 5. The molecule has 0 saturated carbocycles. The second-order valence-electron chi connectivity index (χ2n) is 8.48. The zero-order chi connectivity index (χ0) is 19.2. The van der Waals surface area contributed by atoms with E-state index in [1.54, 1.807) is 6.92 Å². The Hall–Kier alpha value is -0.790. The molecule has 0 radical (unpaired) electrons. The lowest BCUT2D eigenvalue weighted by atomic mass is 9.94. The summed E-state index contributed by atoms with van der Waals surface area (Å²) in [7, 11) is 0. The topological polar surface area (TPSA) is 55.9 Å². The van der Waals surface area contributed by atoms with Crippen molar-refractivity contribution in [2.75, 3.05) is 52.4 Å². The molecule has 3 saturated heterocycles. The monoisotopic (exact) mass is 396 g/mol. The molecule has 0 aliphatic carbocycles. The lowest BCUT2D eigenvalue weighted by Gasteiger charge is -2.40. The molecular weight excluding hydrogens is 360 g/mol. The number of hydrogen-bond donors (Lipinski definition) is 2. The molecule has 3 heterocycles. The van der Waals surface area contributed by atoms with Gasteiger partial charge in [-0.15, -0.1) is 0 Å². The molecule has 7 heteroatoms. The van der Waals surface area contributed by atoms with E-state index in [2.05, 4.69) is 27.7 Å². The Balaban J connectivity index is 1.57. The number of nitrogens with zero attached hydrogens (tertiary/aromatic N) is 3. The summed E-state index contributed by atoms with van der Waals surface area (Å²) < 4.78 is 0. The van der Waals surface area contributed by atoms with Crippen molar-refractivity contribution in [2.24, 2.45) is 5.92 Å². The summed E-state index contributed by atoms with van der Waals surface area (Å²) >= 11 is 4.57. The minimum Gasteiger partial charge on any atom is -0.343 e. The van der Waals surface area contributed by atoms with Crippen molar-refractivity contribution in [3.8, 4) is 0 Å². The predicted molar refractivity (Wildman–Crippen MR) is 111 cm³/mol. The summed E-state index contributed by atoms with van der Waals surface area (Å²) in [5.41, 5.74) is 0. The Morgan fingerprint density at radius 1 is 1.00 bits per heavy atom. The third-order valence-corrected chi connectivity index (χ3v) is 7.02. The highest BCUT2D eigenvalue weighted by molar-refractivity contribution is 7.80. The maximum atomic E-state index is 13.2. The Kier molecular flexibility index (Phi) is 7.85. The van der Waals surface area contributed by atoms with E-state index < -0.39 is 0 Å². The van der Waals surface area contributed by atoms with Crippen molar-refractivity contribution in [2.45, 2.75) is 56.7 Å². The van der Waals surface area contributed by atoms with Gasteiger partial charge in [-0.3, -0.25) is 14.5 Å². The van der Waals surface area contributed by atoms with Crippen LogP contribution < -0.4 is 5.32 Å². The molecule has 0 bridgehead atoms. The molecule has 0 aromatic heterocycles. The first kappa shape index (κ1) is 20.9. The van der Waals surface area contributed by atoms with E-state index in [9.17, 15) is 9.59 Å². The van der Waals surface area contributed by atoms with Crippen molar-refractivity contribution >= 4 is 24.4 Å². The number of thiol groups is 1. The molecular formula is C20H36N4O2S. The first-order valence-electron chi connectivity index (χ1n) is 10.7. The van der Waals surface area contributed by atoms with E-state index in [1.807, 2.05) is 4.90 Å².